The van der Waals surface area contributed by atoms with Crippen molar-refractivity contribution in [2.45, 2.75) is 47.6 Å². The van der Waals surface area contributed by atoms with Gasteiger partial charge < -0.3 is 0 Å². The van der Waals surface area contributed by atoms with Crippen LogP contribution in [0.25, 0.3) is 0 Å². The maximum atomic E-state index is 11.9. The molecule has 0 aliphatic heterocycles. The Kier molecular flexibility index (Phi) is 6.66. The van der Waals surface area contributed by atoms with E-state index in [0.29, 0.717) is 24.3 Å². The summed E-state index contributed by atoms with van der Waals surface area (Å²) in [5, 5.41) is 0. The molecule has 0 aliphatic carbocycles. The Morgan fingerprint density at radius 3 is 1.71 bits per heavy atom. The quantitative estimate of drug-likeness (QED) is 0.765. The fourth-order valence-electron chi connectivity index (χ4n) is 1.82. The second-order valence-electron chi connectivity index (χ2n) is 5.62. The fraction of sp³-hybridized carbons (Fsp3) is 1.00. The number of nitrogens with one attached hydrogen (secondary N) is 1. The van der Waals surface area contributed by atoms with E-state index < -0.39 is 10.2 Å². The van der Waals surface area contributed by atoms with Crippen LogP contribution in [0.4, 0.5) is 0 Å². The first-order valence-electron chi connectivity index (χ1n) is 6.32. The Morgan fingerprint density at radius 1 is 1.00 bits per heavy atom. The fourth-order valence-corrected chi connectivity index (χ4v) is 2.98. The van der Waals surface area contributed by atoms with Gasteiger partial charge in [-0.1, -0.05) is 27.7 Å². The Balaban J connectivity index is 4.54. The molecular weight excluding hydrogens is 236 g/mol. The summed E-state index contributed by atoms with van der Waals surface area (Å²) in [6.45, 7) is 12.8. The normalized spacial score (nSPS) is 13.6. The molecular formula is C12H28N2O2S. The van der Waals surface area contributed by atoms with Gasteiger partial charge in [0.1, 0.15) is 0 Å². The van der Waals surface area contributed by atoms with Gasteiger partial charge in [0.2, 0.25) is 0 Å². The lowest BCUT2D eigenvalue weighted by Crippen LogP contribution is -2.44. The predicted octanol–water partition coefficient (Wildman–Crippen LogP) is 2.09. The molecule has 0 aromatic carbocycles. The van der Waals surface area contributed by atoms with Gasteiger partial charge >= 0.3 is 0 Å². The molecule has 0 radical (unpaired) electrons. The minimum atomic E-state index is -3.34. The zero-order chi connectivity index (χ0) is 13.8. The van der Waals surface area contributed by atoms with E-state index in [-0.39, 0.29) is 6.04 Å². The van der Waals surface area contributed by atoms with Gasteiger partial charge in [-0.05, 0) is 31.6 Å². The minimum absolute atomic E-state index is 0.0240. The van der Waals surface area contributed by atoms with Crippen LogP contribution in [0.3, 0.4) is 0 Å². The molecule has 0 rings (SSSR count). The molecule has 0 bridgehead atoms. The molecule has 0 heterocycles. The van der Waals surface area contributed by atoms with E-state index in [1.165, 1.54) is 4.31 Å². The third-order valence-corrected chi connectivity index (χ3v) is 5.03. The van der Waals surface area contributed by atoms with Crippen molar-refractivity contribution >= 4 is 10.2 Å². The Hall–Kier alpha value is -0.130. The van der Waals surface area contributed by atoms with E-state index in [9.17, 15) is 8.42 Å². The molecule has 104 valence electrons. The topological polar surface area (TPSA) is 49.4 Å². The molecule has 0 unspecified atom stereocenters. The van der Waals surface area contributed by atoms with Crippen LogP contribution in [-0.4, -0.2) is 32.4 Å². The van der Waals surface area contributed by atoms with Crippen molar-refractivity contribution in [3.63, 3.8) is 0 Å². The largest absolute Gasteiger partial charge is 0.279 e. The molecule has 0 atom stereocenters. The molecule has 4 nitrogen and oxygen atoms in total. The third kappa shape index (κ3) is 5.36. The maximum Gasteiger partial charge on any atom is 0.279 e. The summed E-state index contributed by atoms with van der Waals surface area (Å²) in [5.74, 6) is 1.31. The van der Waals surface area contributed by atoms with Crippen molar-refractivity contribution in [2.24, 2.45) is 17.8 Å². The third-order valence-electron chi connectivity index (χ3n) is 3.32. The molecule has 1 N–H and O–H groups in total. The predicted molar refractivity (Wildman–Crippen MR) is 73.0 cm³/mol. The molecule has 0 aromatic rings. The van der Waals surface area contributed by atoms with Gasteiger partial charge in [0, 0.05) is 19.6 Å². The lowest BCUT2D eigenvalue weighted by molar-refractivity contribution is 0.285. The van der Waals surface area contributed by atoms with Crippen molar-refractivity contribution in [3.8, 4) is 0 Å². The van der Waals surface area contributed by atoms with E-state index in [1.54, 1.807) is 7.05 Å². The van der Waals surface area contributed by atoms with E-state index in [4.69, 9.17) is 0 Å². The van der Waals surface area contributed by atoms with Crippen molar-refractivity contribution in [1.82, 2.24) is 9.03 Å². The Morgan fingerprint density at radius 2 is 1.41 bits per heavy atom. The van der Waals surface area contributed by atoms with Gasteiger partial charge in [0.15, 0.2) is 0 Å². The first-order valence-corrected chi connectivity index (χ1v) is 7.76. The van der Waals surface area contributed by atoms with Crippen LogP contribution >= 0.6 is 0 Å². The van der Waals surface area contributed by atoms with Gasteiger partial charge in [-0.3, -0.25) is 0 Å². The van der Waals surface area contributed by atoms with E-state index >= 15 is 0 Å². The Labute approximate surface area is 107 Å². The molecule has 5 heteroatoms. The molecule has 17 heavy (non-hydrogen) atoms. The van der Waals surface area contributed by atoms with Gasteiger partial charge in [0.05, 0.1) is 0 Å². The van der Waals surface area contributed by atoms with Gasteiger partial charge in [-0.15, -0.1) is 0 Å². The summed E-state index contributed by atoms with van der Waals surface area (Å²) in [6.07, 6.45) is 0. The maximum absolute atomic E-state index is 11.9. The van der Waals surface area contributed by atoms with Crippen LogP contribution < -0.4 is 4.72 Å². The number of hydrogen-bond acceptors (Lipinski definition) is 2. The van der Waals surface area contributed by atoms with Gasteiger partial charge in [0.25, 0.3) is 10.2 Å². The Bertz CT molecular complexity index is 302. The van der Waals surface area contributed by atoms with Crippen molar-refractivity contribution < 1.29 is 8.42 Å². The highest BCUT2D eigenvalue weighted by molar-refractivity contribution is 7.87. The number of hydrogen-bond donors (Lipinski definition) is 1. The van der Waals surface area contributed by atoms with E-state index in [1.807, 2.05) is 13.8 Å². The molecule has 0 saturated heterocycles. The summed E-state index contributed by atoms with van der Waals surface area (Å²) in [6, 6.07) is -0.0240. The minimum Gasteiger partial charge on any atom is -0.202 e. The summed E-state index contributed by atoms with van der Waals surface area (Å²) in [7, 11) is -1.73. The molecule has 0 aliphatic rings. The summed E-state index contributed by atoms with van der Waals surface area (Å²) < 4.78 is 27.9. The average Bonchev–Trinajstić information content (AvgIpc) is 2.15. The summed E-state index contributed by atoms with van der Waals surface area (Å²) in [4.78, 5) is 0. The van der Waals surface area contributed by atoms with Crippen LogP contribution in [0, 0.1) is 17.8 Å². The second kappa shape index (κ2) is 6.71. The zero-order valence-electron chi connectivity index (χ0n) is 12.2. The van der Waals surface area contributed by atoms with Crippen molar-refractivity contribution in [2.75, 3.05) is 13.6 Å². The molecule has 0 spiro atoms. The summed E-state index contributed by atoms with van der Waals surface area (Å²) in [5.41, 5.74) is 0. The first kappa shape index (κ1) is 16.9. The number of nitrogens with zero attached hydrogens (tertiary/aromatic N) is 1. The van der Waals surface area contributed by atoms with Crippen LogP contribution in [0.5, 0.6) is 0 Å². The van der Waals surface area contributed by atoms with Crippen molar-refractivity contribution in [3.05, 3.63) is 0 Å². The molecule has 0 saturated carbocycles. The van der Waals surface area contributed by atoms with Gasteiger partial charge in [-0.2, -0.15) is 12.7 Å². The average molecular weight is 264 g/mol. The van der Waals surface area contributed by atoms with Gasteiger partial charge in [-0.25, -0.2) is 4.72 Å². The van der Waals surface area contributed by atoms with Crippen LogP contribution in [-0.2, 0) is 10.2 Å². The highest BCUT2D eigenvalue weighted by Gasteiger charge is 2.24. The molecule has 0 amide bonds. The zero-order valence-corrected chi connectivity index (χ0v) is 13.0. The highest BCUT2D eigenvalue weighted by atomic mass is 32.2. The highest BCUT2D eigenvalue weighted by Crippen LogP contribution is 2.19. The summed E-state index contributed by atoms with van der Waals surface area (Å²) >= 11 is 0. The van der Waals surface area contributed by atoms with E-state index in [0.717, 1.165) is 0 Å². The monoisotopic (exact) mass is 264 g/mol. The van der Waals surface area contributed by atoms with Crippen LogP contribution in [0.2, 0.25) is 0 Å². The molecule has 0 aromatic heterocycles. The lowest BCUT2D eigenvalue weighted by atomic mass is 9.86. The van der Waals surface area contributed by atoms with Crippen LogP contribution in [0.1, 0.15) is 41.5 Å². The van der Waals surface area contributed by atoms with E-state index in [2.05, 4.69) is 32.4 Å². The standard InChI is InChI=1S/C12H28N2O2S/c1-9(2)12(10(3)4)8-13-17(15,16)14(7)11(5)6/h9-13H,8H2,1-7H3. The SMILES string of the molecule is CC(C)C(CNS(=O)(=O)N(C)C(C)C)C(C)C. The first-order chi connectivity index (χ1) is 7.59. The number of rotatable bonds is 7. The lowest BCUT2D eigenvalue weighted by Gasteiger charge is -2.27. The second-order valence-corrected chi connectivity index (χ2v) is 7.43. The van der Waals surface area contributed by atoms with Crippen LogP contribution in [0.15, 0.2) is 0 Å². The smallest absolute Gasteiger partial charge is 0.202 e. The van der Waals surface area contributed by atoms with Crippen molar-refractivity contribution in [1.29, 1.82) is 0 Å². The molecule has 0 fully saturated rings.